The number of rotatable bonds is 3. The number of esters is 1. The van der Waals surface area contributed by atoms with E-state index in [1.54, 1.807) is 56.4 Å². The molecule has 0 aromatic carbocycles. The van der Waals surface area contributed by atoms with Crippen molar-refractivity contribution in [2.45, 2.75) is 125 Å². The van der Waals surface area contributed by atoms with Crippen molar-refractivity contribution < 1.29 is 63.9 Å². The normalized spacial score (nSPS) is 47.2. The van der Waals surface area contributed by atoms with E-state index in [9.17, 15) is 40.2 Å². The number of aliphatic hydroxyl groups is 5. The van der Waals surface area contributed by atoms with Crippen LogP contribution in [0.4, 0.5) is 0 Å². The molecule has 0 saturated carbocycles. The Morgan fingerprint density at radius 1 is 0.936 bits per heavy atom. The predicted molar refractivity (Wildman–Crippen MR) is 165 cm³/mol. The third kappa shape index (κ3) is 10.6. The molecule has 0 aromatic rings. The largest absolute Gasteiger partial charge is 0.481 e. The number of fused-ring (bicyclic) bond motifs is 3. The first-order valence-corrected chi connectivity index (χ1v) is 15.9. The number of hydrogen-bond donors (Lipinski definition) is 7. The van der Waals surface area contributed by atoms with E-state index in [1.807, 2.05) is 6.08 Å². The molecule has 4 aliphatic heterocycles. The number of hydrogen-bond acceptors (Lipinski definition) is 13. The van der Waals surface area contributed by atoms with E-state index in [0.717, 1.165) is 0 Å². The summed E-state index contributed by atoms with van der Waals surface area (Å²) in [6.07, 6.45) is 5.25. The number of carbonyl (C=O) groups excluding carboxylic acids is 1. The smallest absolute Gasteiger partial charge is 0.330 e. The lowest BCUT2D eigenvalue weighted by atomic mass is 9.83. The van der Waals surface area contributed by atoms with E-state index >= 15 is 0 Å². The van der Waals surface area contributed by atoms with Crippen molar-refractivity contribution >= 4 is 11.9 Å². The zero-order valence-electron chi connectivity index (χ0n) is 26.4. The molecule has 0 aliphatic carbocycles. The van der Waals surface area contributed by atoms with Crippen molar-refractivity contribution in [3.05, 3.63) is 60.8 Å². The Morgan fingerprint density at radius 2 is 1.64 bits per heavy atom. The van der Waals surface area contributed by atoms with Gasteiger partial charge in [0.2, 0.25) is 0 Å². The second-order valence-electron chi connectivity index (χ2n) is 12.6. The summed E-state index contributed by atoms with van der Waals surface area (Å²) in [7, 11) is 0. The van der Waals surface area contributed by atoms with Crippen LogP contribution in [-0.2, 0) is 33.3 Å². The van der Waals surface area contributed by atoms with Crippen LogP contribution in [0.25, 0.3) is 0 Å². The van der Waals surface area contributed by atoms with Gasteiger partial charge in [0.1, 0.15) is 24.2 Å². The van der Waals surface area contributed by atoms with Crippen LogP contribution >= 0.6 is 0 Å². The number of cyclic esters (lactones) is 1. The molecule has 4 aliphatic rings. The quantitative estimate of drug-likeness (QED) is 0.157. The highest BCUT2D eigenvalue weighted by Crippen LogP contribution is 2.39. The summed E-state index contributed by atoms with van der Waals surface area (Å²) in [6.45, 7) is 3.34. The number of carbonyl (C=O) groups is 2. The molecule has 0 amide bonds. The van der Waals surface area contributed by atoms with E-state index < -0.39 is 97.3 Å². The molecule has 0 unspecified atom stereocenters. The van der Waals surface area contributed by atoms with Crippen LogP contribution in [0.1, 0.15) is 46.0 Å². The molecule has 0 radical (unpaired) electrons. The zero-order chi connectivity index (χ0) is 34.3. The van der Waals surface area contributed by atoms with Gasteiger partial charge in [-0.1, -0.05) is 48.6 Å². The molecule has 4 heterocycles. The highest BCUT2D eigenvalue weighted by Gasteiger charge is 2.51. The lowest BCUT2D eigenvalue weighted by Crippen LogP contribution is -2.61. The molecule has 0 spiro atoms. The number of nitrogens with two attached hydrogens (primary N) is 1. The van der Waals surface area contributed by atoms with Gasteiger partial charge in [0.25, 0.3) is 0 Å². The Morgan fingerprint density at radius 3 is 2.36 bits per heavy atom. The van der Waals surface area contributed by atoms with E-state index in [1.165, 1.54) is 12.2 Å². The van der Waals surface area contributed by atoms with Gasteiger partial charge in [-0.3, -0.25) is 4.79 Å². The molecule has 3 saturated heterocycles. The number of epoxide rings is 1. The summed E-state index contributed by atoms with van der Waals surface area (Å²) in [5, 5.41) is 63.9. The molecule has 14 nitrogen and oxygen atoms in total. The Balaban J connectivity index is 1.58. The predicted octanol–water partition coefficient (Wildman–Crippen LogP) is 0.120. The average Bonchev–Trinajstić information content (AvgIpc) is 3.72. The van der Waals surface area contributed by atoms with Gasteiger partial charge in [0, 0.05) is 38.2 Å². The number of aliphatic carboxylic acids is 1. The van der Waals surface area contributed by atoms with Crippen molar-refractivity contribution in [2.75, 3.05) is 0 Å². The molecular formula is C33H47NO13. The van der Waals surface area contributed by atoms with E-state index in [4.69, 9.17) is 29.4 Å². The number of allylic oxidation sites excluding steroid dienone is 6. The third-order valence-corrected chi connectivity index (χ3v) is 8.58. The van der Waals surface area contributed by atoms with Gasteiger partial charge in [-0.25, -0.2) is 4.79 Å². The first-order valence-electron chi connectivity index (χ1n) is 15.9. The van der Waals surface area contributed by atoms with Gasteiger partial charge >= 0.3 is 11.9 Å². The Hall–Kier alpha value is -2.76. The summed E-state index contributed by atoms with van der Waals surface area (Å²) in [5.41, 5.74) is 5.98. The van der Waals surface area contributed by atoms with E-state index in [2.05, 4.69) is 0 Å². The van der Waals surface area contributed by atoms with E-state index in [0.29, 0.717) is 6.42 Å². The van der Waals surface area contributed by atoms with Crippen LogP contribution in [0.3, 0.4) is 0 Å². The highest BCUT2D eigenvalue weighted by atomic mass is 16.7. The summed E-state index contributed by atoms with van der Waals surface area (Å²) >= 11 is 0. The lowest BCUT2D eigenvalue weighted by molar-refractivity contribution is -0.308. The van der Waals surface area contributed by atoms with Crippen molar-refractivity contribution in [1.29, 1.82) is 0 Å². The molecule has 262 valence electrons. The standard InChI is InChI=1S/C33H47NO13/c1-18-10-8-6-4-3-5-7-9-11-21(45-32-30(39)28(34)29(38)19(2)44-32)15-25-27(31(40)41)22(36)17-33(42,47-25)16-20(35)14-24-23(46-24)12-13-26(37)43-18/h3-9,11-13,18-25,27-30,32,35-36,38-39,42H,10,14-17,34H2,1-2H3,(H,40,41)/b4-3+,7-5+,8-6+,11-9+,13-12+/t18-,19+,20-,21-,22-,23+,24+,25-,27+,28-,29+,30-,32-,33+/m0/s1. The fourth-order valence-electron chi connectivity index (χ4n) is 6.00. The monoisotopic (exact) mass is 665 g/mol. The minimum absolute atomic E-state index is 0.0789. The van der Waals surface area contributed by atoms with Gasteiger partial charge in [-0.05, 0) is 19.9 Å². The minimum Gasteiger partial charge on any atom is -0.481 e. The summed E-state index contributed by atoms with van der Waals surface area (Å²) in [6, 6.07) is -1.08. The maximum absolute atomic E-state index is 12.3. The van der Waals surface area contributed by atoms with Crippen LogP contribution in [0, 0.1) is 5.92 Å². The molecule has 47 heavy (non-hydrogen) atoms. The molecule has 14 atom stereocenters. The molecule has 4 rings (SSSR count). The van der Waals surface area contributed by atoms with Crippen LogP contribution in [0.15, 0.2) is 60.8 Å². The van der Waals surface area contributed by atoms with Crippen molar-refractivity contribution in [1.82, 2.24) is 0 Å². The Kier molecular flexibility index (Phi) is 13.1. The van der Waals surface area contributed by atoms with Gasteiger partial charge in [-0.15, -0.1) is 0 Å². The summed E-state index contributed by atoms with van der Waals surface area (Å²) in [4.78, 5) is 24.4. The molecule has 3 fully saturated rings. The van der Waals surface area contributed by atoms with Crippen LogP contribution in [0.2, 0.25) is 0 Å². The van der Waals surface area contributed by atoms with Gasteiger partial charge in [0.05, 0.1) is 48.8 Å². The van der Waals surface area contributed by atoms with Crippen LogP contribution in [0.5, 0.6) is 0 Å². The maximum Gasteiger partial charge on any atom is 0.330 e. The number of aliphatic hydroxyl groups excluding tert-OH is 4. The topological polar surface area (TPSA) is 231 Å². The number of carboxylic acids is 1. The van der Waals surface area contributed by atoms with E-state index in [-0.39, 0.29) is 25.4 Å². The minimum atomic E-state index is -2.10. The average molecular weight is 666 g/mol. The molecular weight excluding hydrogens is 618 g/mol. The van der Waals surface area contributed by atoms with Crippen molar-refractivity contribution in [3.8, 4) is 0 Å². The highest BCUT2D eigenvalue weighted by molar-refractivity contribution is 5.82. The fraction of sp³-hybridized carbons (Fsp3) is 0.636. The zero-order valence-corrected chi connectivity index (χ0v) is 26.4. The summed E-state index contributed by atoms with van der Waals surface area (Å²) < 4.78 is 28.5. The second kappa shape index (κ2) is 16.6. The summed E-state index contributed by atoms with van der Waals surface area (Å²) in [5.74, 6) is -5.45. The first kappa shape index (κ1) is 37.1. The number of ether oxygens (including phenoxy) is 5. The molecule has 8 N–H and O–H groups in total. The SMILES string of the molecule is C[C@H]1C/C=C/C=C/C=C/C=C/[C@H](O[C@@H]2O[C@H](C)[C@@H](O)[C@H](N)[C@@H]2O)C[C@@H]2O[C@](O)(C[C@@H](O)C[C@H]3O[C@@H]3/C=C/C(=O)O1)C[C@H](O)[C@H]2C(=O)O. The molecule has 2 bridgehead atoms. The van der Waals surface area contributed by atoms with Gasteiger partial charge in [0.15, 0.2) is 12.1 Å². The lowest BCUT2D eigenvalue weighted by Gasteiger charge is -2.45. The second-order valence-corrected chi connectivity index (χ2v) is 12.6. The van der Waals surface area contributed by atoms with Crippen molar-refractivity contribution in [2.24, 2.45) is 11.7 Å². The third-order valence-electron chi connectivity index (χ3n) is 8.58. The van der Waals surface area contributed by atoms with Crippen LogP contribution in [-0.4, -0.2) is 122 Å². The first-order chi connectivity index (χ1) is 22.3. The van der Waals surface area contributed by atoms with Gasteiger partial charge in [-0.2, -0.15) is 0 Å². The molecule has 0 aromatic heterocycles. The van der Waals surface area contributed by atoms with Gasteiger partial charge < -0.3 is 60.1 Å². The Labute approximate surface area is 273 Å². The number of carboxylic acid groups (broad SMARTS) is 1. The Bertz CT molecular complexity index is 1220. The van der Waals surface area contributed by atoms with Crippen molar-refractivity contribution in [3.63, 3.8) is 0 Å². The molecule has 14 heteroatoms. The maximum atomic E-state index is 12.3. The fourth-order valence-corrected chi connectivity index (χ4v) is 6.00. The van der Waals surface area contributed by atoms with Crippen LogP contribution < -0.4 is 5.73 Å².